The lowest BCUT2D eigenvalue weighted by Gasteiger charge is -2.13. The van der Waals surface area contributed by atoms with Crippen molar-refractivity contribution in [2.45, 2.75) is 0 Å². The molecule has 0 radical (unpaired) electrons. The highest BCUT2D eigenvalue weighted by molar-refractivity contribution is 6.09. The molecule has 0 fully saturated rings. The van der Waals surface area contributed by atoms with E-state index in [9.17, 15) is 14.9 Å². The fourth-order valence-corrected chi connectivity index (χ4v) is 2.69. The van der Waals surface area contributed by atoms with Crippen LogP contribution in [-0.2, 0) is 0 Å². The van der Waals surface area contributed by atoms with E-state index in [1.807, 2.05) is 37.2 Å². The van der Waals surface area contributed by atoms with Crippen LogP contribution in [0, 0.1) is 10.1 Å². The van der Waals surface area contributed by atoms with E-state index in [4.69, 9.17) is 0 Å². The topological polar surface area (TPSA) is 75.5 Å². The number of ketones is 1. The maximum Gasteiger partial charge on any atom is 0.292 e. The third kappa shape index (κ3) is 4.12. The molecule has 0 saturated carbocycles. The lowest BCUT2D eigenvalue weighted by molar-refractivity contribution is -0.383. The summed E-state index contributed by atoms with van der Waals surface area (Å²) in [4.78, 5) is 25.3. The Morgan fingerprint density at radius 1 is 0.926 bits per heavy atom. The van der Waals surface area contributed by atoms with Gasteiger partial charge in [0.2, 0.25) is 0 Å². The lowest BCUT2D eigenvalue weighted by atomic mass is 10.0. The minimum atomic E-state index is -0.433. The molecule has 0 bridgehead atoms. The quantitative estimate of drug-likeness (QED) is 0.393. The fraction of sp³-hybridized carbons (Fsp3) is 0.0952. The number of para-hydroxylation sites is 2. The number of carbonyl (C=O) groups is 1. The summed E-state index contributed by atoms with van der Waals surface area (Å²) in [7, 11) is 3.85. The van der Waals surface area contributed by atoms with Crippen molar-refractivity contribution in [3.63, 3.8) is 0 Å². The van der Waals surface area contributed by atoms with Crippen molar-refractivity contribution in [3.05, 3.63) is 94.0 Å². The number of hydrogen-bond acceptors (Lipinski definition) is 5. The summed E-state index contributed by atoms with van der Waals surface area (Å²) in [5.74, 6) is -0.0732. The minimum absolute atomic E-state index is 0.00171. The molecule has 27 heavy (non-hydrogen) atoms. The van der Waals surface area contributed by atoms with Crippen molar-refractivity contribution in [1.82, 2.24) is 0 Å². The molecule has 6 heteroatoms. The van der Waals surface area contributed by atoms with Gasteiger partial charge in [0.05, 0.1) is 4.92 Å². The molecule has 0 spiro atoms. The highest BCUT2D eigenvalue weighted by Gasteiger charge is 2.13. The monoisotopic (exact) mass is 361 g/mol. The molecule has 1 N–H and O–H groups in total. The molecule has 3 aromatic carbocycles. The Morgan fingerprint density at radius 3 is 2.30 bits per heavy atom. The van der Waals surface area contributed by atoms with Gasteiger partial charge in [0.1, 0.15) is 5.69 Å². The number of rotatable bonds is 6. The summed E-state index contributed by atoms with van der Waals surface area (Å²) in [5, 5.41) is 14.1. The van der Waals surface area contributed by atoms with Crippen LogP contribution in [0.5, 0.6) is 0 Å². The van der Waals surface area contributed by atoms with E-state index < -0.39 is 4.92 Å². The van der Waals surface area contributed by atoms with Crippen molar-refractivity contribution in [3.8, 4) is 0 Å². The minimum Gasteiger partial charge on any atom is -0.378 e. The van der Waals surface area contributed by atoms with Crippen LogP contribution in [0.25, 0.3) is 0 Å². The molecule has 3 rings (SSSR count). The molecule has 0 aliphatic rings. The summed E-state index contributed by atoms with van der Waals surface area (Å²) >= 11 is 0. The number of nitro groups is 1. The predicted molar refractivity (Wildman–Crippen MR) is 107 cm³/mol. The first-order chi connectivity index (χ1) is 13.0. The Labute approximate surface area is 157 Å². The average Bonchev–Trinajstić information content (AvgIpc) is 2.68. The number of nitrogens with zero attached hydrogens (tertiary/aromatic N) is 2. The summed E-state index contributed by atoms with van der Waals surface area (Å²) < 4.78 is 0. The van der Waals surface area contributed by atoms with Crippen LogP contribution < -0.4 is 10.2 Å². The van der Waals surface area contributed by atoms with E-state index in [1.54, 1.807) is 48.5 Å². The summed E-state index contributed by atoms with van der Waals surface area (Å²) in [6, 6.07) is 20.8. The summed E-state index contributed by atoms with van der Waals surface area (Å²) in [6.45, 7) is 0. The van der Waals surface area contributed by atoms with Crippen LogP contribution in [0.2, 0.25) is 0 Å². The Morgan fingerprint density at radius 2 is 1.63 bits per heavy atom. The average molecular weight is 361 g/mol. The first kappa shape index (κ1) is 18.1. The van der Waals surface area contributed by atoms with Crippen molar-refractivity contribution in [2.75, 3.05) is 24.3 Å². The van der Waals surface area contributed by atoms with Crippen LogP contribution in [0.1, 0.15) is 15.9 Å². The van der Waals surface area contributed by atoms with Gasteiger partial charge in [-0.25, -0.2) is 0 Å². The normalized spacial score (nSPS) is 10.3. The van der Waals surface area contributed by atoms with Crippen LogP contribution in [0.4, 0.5) is 22.7 Å². The van der Waals surface area contributed by atoms with Gasteiger partial charge in [0.25, 0.3) is 5.69 Å². The largest absolute Gasteiger partial charge is 0.378 e. The molecule has 136 valence electrons. The number of benzene rings is 3. The SMILES string of the molecule is CN(C)c1cccc(C(=O)c2ccc(Nc3ccccc3[N+](=O)[O-])cc2)c1. The van der Waals surface area contributed by atoms with Crippen LogP contribution in [0.3, 0.4) is 0 Å². The molecule has 0 unspecified atom stereocenters. The van der Waals surface area contributed by atoms with E-state index in [0.29, 0.717) is 22.5 Å². The Bertz CT molecular complexity index is 982. The lowest BCUT2D eigenvalue weighted by Crippen LogP contribution is -2.10. The highest BCUT2D eigenvalue weighted by atomic mass is 16.6. The van der Waals surface area contributed by atoms with Crippen molar-refractivity contribution >= 4 is 28.5 Å². The summed E-state index contributed by atoms with van der Waals surface area (Å²) in [6.07, 6.45) is 0. The highest BCUT2D eigenvalue weighted by Crippen LogP contribution is 2.27. The van der Waals surface area contributed by atoms with Gasteiger partial charge in [0, 0.05) is 42.7 Å². The van der Waals surface area contributed by atoms with E-state index in [2.05, 4.69) is 5.32 Å². The third-order valence-corrected chi connectivity index (χ3v) is 4.15. The first-order valence-corrected chi connectivity index (χ1v) is 8.38. The van der Waals surface area contributed by atoms with Crippen LogP contribution >= 0.6 is 0 Å². The number of nitro benzene ring substituents is 1. The molecule has 0 heterocycles. The Hall–Kier alpha value is -3.67. The molecular formula is C21H19N3O3. The van der Waals surface area contributed by atoms with E-state index in [0.717, 1.165) is 5.69 Å². The van der Waals surface area contributed by atoms with Gasteiger partial charge in [-0.1, -0.05) is 24.3 Å². The molecule has 0 aliphatic carbocycles. The smallest absolute Gasteiger partial charge is 0.292 e. The van der Waals surface area contributed by atoms with Crippen molar-refractivity contribution < 1.29 is 9.72 Å². The molecule has 3 aromatic rings. The number of carbonyl (C=O) groups excluding carboxylic acids is 1. The van der Waals surface area contributed by atoms with Gasteiger partial charge >= 0.3 is 0 Å². The second kappa shape index (κ2) is 7.70. The van der Waals surface area contributed by atoms with E-state index >= 15 is 0 Å². The molecular weight excluding hydrogens is 342 g/mol. The number of nitrogens with one attached hydrogen (secondary N) is 1. The summed E-state index contributed by atoms with van der Waals surface area (Å²) in [5.41, 5.74) is 3.19. The Balaban J connectivity index is 1.81. The molecule has 0 saturated heterocycles. The van der Waals surface area contributed by atoms with Crippen LogP contribution in [-0.4, -0.2) is 24.8 Å². The predicted octanol–water partition coefficient (Wildman–Crippen LogP) is 4.64. The van der Waals surface area contributed by atoms with Gasteiger partial charge in [-0.15, -0.1) is 0 Å². The molecule has 0 aliphatic heterocycles. The van der Waals surface area contributed by atoms with Crippen molar-refractivity contribution in [1.29, 1.82) is 0 Å². The van der Waals surface area contributed by atoms with E-state index in [-0.39, 0.29) is 11.5 Å². The number of anilines is 3. The van der Waals surface area contributed by atoms with Crippen molar-refractivity contribution in [2.24, 2.45) is 0 Å². The molecule has 0 aromatic heterocycles. The number of hydrogen-bond donors (Lipinski definition) is 1. The Kier molecular flexibility index (Phi) is 5.17. The maximum atomic E-state index is 12.7. The third-order valence-electron chi connectivity index (χ3n) is 4.15. The fourth-order valence-electron chi connectivity index (χ4n) is 2.69. The maximum absolute atomic E-state index is 12.7. The van der Waals surface area contributed by atoms with Crippen LogP contribution in [0.15, 0.2) is 72.8 Å². The zero-order chi connectivity index (χ0) is 19.4. The van der Waals surface area contributed by atoms with E-state index in [1.165, 1.54) is 6.07 Å². The zero-order valence-electron chi connectivity index (χ0n) is 15.0. The molecule has 0 amide bonds. The first-order valence-electron chi connectivity index (χ1n) is 8.38. The van der Waals surface area contributed by atoms with Gasteiger partial charge < -0.3 is 10.2 Å². The molecule has 6 nitrogen and oxygen atoms in total. The molecule has 0 atom stereocenters. The van der Waals surface area contributed by atoms with Gasteiger partial charge in [-0.3, -0.25) is 14.9 Å². The standard InChI is InChI=1S/C21H19N3O3/c1-23(2)18-7-5-6-16(14-18)21(25)15-10-12-17(13-11-15)22-19-8-3-4-9-20(19)24(26)27/h3-14,22H,1-2H3. The second-order valence-corrected chi connectivity index (χ2v) is 6.25. The van der Waals surface area contributed by atoms with Gasteiger partial charge in [-0.05, 0) is 42.5 Å². The van der Waals surface area contributed by atoms with Gasteiger partial charge in [-0.2, -0.15) is 0 Å². The zero-order valence-corrected chi connectivity index (χ0v) is 15.0. The van der Waals surface area contributed by atoms with Gasteiger partial charge in [0.15, 0.2) is 5.78 Å². The second-order valence-electron chi connectivity index (χ2n) is 6.25.